The highest BCUT2D eigenvalue weighted by Crippen LogP contribution is 2.25. The minimum absolute atomic E-state index is 0.00512. The Bertz CT molecular complexity index is 978. The van der Waals surface area contributed by atoms with Gasteiger partial charge in [0.2, 0.25) is 10.0 Å². The summed E-state index contributed by atoms with van der Waals surface area (Å²) in [6.07, 6.45) is -0.456. The summed E-state index contributed by atoms with van der Waals surface area (Å²) in [5.74, 6) is -0.551. The van der Waals surface area contributed by atoms with Gasteiger partial charge in [-0.1, -0.05) is 36.4 Å². The number of benzene rings is 2. The third kappa shape index (κ3) is 4.43. The average molecular weight is 434 g/mol. The summed E-state index contributed by atoms with van der Waals surface area (Å²) < 4.78 is 41.0. The van der Waals surface area contributed by atoms with Gasteiger partial charge in [-0.05, 0) is 30.2 Å². The fourth-order valence-electron chi connectivity index (χ4n) is 4.44. The van der Waals surface area contributed by atoms with Gasteiger partial charge in [-0.2, -0.15) is 4.31 Å². The Morgan fingerprint density at radius 2 is 1.73 bits per heavy atom. The van der Waals surface area contributed by atoms with Crippen LogP contribution in [0.25, 0.3) is 0 Å². The van der Waals surface area contributed by atoms with Crippen LogP contribution < -0.4 is 0 Å². The van der Waals surface area contributed by atoms with Crippen LogP contribution in [0.2, 0.25) is 0 Å². The van der Waals surface area contributed by atoms with E-state index in [2.05, 4.69) is 21.9 Å². The highest BCUT2D eigenvalue weighted by atomic mass is 32.2. The molecule has 0 aromatic heterocycles. The molecule has 1 N–H and O–H groups in total. The number of halogens is 1. The highest BCUT2D eigenvalue weighted by Gasteiger charge is 2.38. The first kappa shape index (κ1) is 21.4. The zero-order valence-electron chi connectivity index (χ0n) is 17.1. The molecule has 30 heavy (non-hydrogen) atoms. The SMILES string of the molecule is Cc1ccc(F)cc1S(=O)(=O)N1CCN([C@H]2CN(Cc3ccccc3)C[C@@H]2O)CC1. The number of aliphatic hydroxyl groups excluding tert-OH is 1. The maximum Gasteiger partial charge on any atom is 0.243 e. The summed E-state index contributed by atoms with van der Waals surface area (Å²) in [4.78, 5) is 4.45. The Morgan fingerprint density at radius 3 is 2.43 bits per heavy atom. The smallest absolute Gasteiger partial charge is 0.243 e. The molecule has 2 heterocycles. The molecule has 4 rings (SSSR count). The molecule has 2 saturated heterocycles. The van der Waals surface area contributed by atoms with Crippen molar-refractivity contribution in [1.29, 1.82) is 0 Å². The number of aliphatic hydroxyl groups is 1. The first-order valence-electron chi connectivity index (χ1n) is 10.3. The number of aryl methyl sites for hydroxylation is 1. The Balaban J connectivity index is 1.38. The van der Waals surface area contributed by atoms with Crippen LogP contribution in [0.3, 0.4) is 0 Å². The molecule has 2 aliphatic heterocycles. The van der Waals surface area contributed by atoms with E-state index in [-0.39, 0.29) is 10.9 Å². The van der Waals surface area contributed by atoms with Crippen LogP contribution >= 0.6 is 0 Å². The third-order valence-corrected chi connectivity index (χ3v) is 8.13. The van der Waals surface area contributed by atoms with Gasteiger partial charge in [0.1, 0.15) is 5.82 Å². The molecule has 2 aromatic rings. The summed E-state index contributed by atoms with van der Waals surface area (Å²) in [5.41, 5.74) is 1.76. The van der Waals surface area contributed by atoms with E-state index >= 15 is 0 Å². The number of hydrogen-bond donors (Lipinski definition) is 1. The van der Waals surface area contributed by atoms with Crippen LogP contribution in [0, 0.1) is 12.7 Å². The van der Waals surface area contributed by atoms with Gasteiger partial charge in [-0.25, -0.2) is 12.8 Å². The van der Waals surface area contributed by atoms with E-state index in [4.69, 9.17) is 0 Å². The third-order valence-electron chi connectivity index (χ3n) is 6.09. The maximum absolute atomic E-state index is 13.6. The van der Waals surface area contributed by atoms with E-state index in [0.717, 1.165) is 19.2 Å². The monoisotopic (exact) mass is 433 g/mol. The van der Waals surface area contributed by atoms with Crippen molar-refractivity contribution in [3.05, 3.63) is 65.5 Å². The molecule has 0 radical (unpaired) electrons. The number of sulfonamides is 1. The van der Waals surface area contributed by atoms with E-state index < -0.39 is 21.9 Å². The second kappa shape index (κ2) is 8.72. The van der Waals surface area contributed by atoms with Crippen molar-refractivity contribution in [2.24, 2.45) is 0 Å². The van der Waals surface area contributed by atoms with Gasteiger partial charge >= 0.3 is 0 Å². The summed E-state index contributed by atoms with van der Waals surface area (Å²) >= 11 is 0. The fraction of sp³-hybridized carbons (Fsp3) is 0.455. The zero-order valence-corrected chi connectivity index (χ0v) is 17.9. The molecular formula is C22H28FN3O3S. The molecule has 8 heteroatoms. The van der Waals surface area contributed by atoms with Crippen molar-refractivity contribution in [1.82, 2.24) is 14.1 Å². The van der Waals surface area contributed by atoms with Gasteiger partial charge < -0.3 is 5.11 Å². The molecule has 0 bridgehead atoms. The lowest BCUT2D eigenvalue weighted by Gasteiger charge is -2.38. The number of likely N-dealkylation sites (tertiary alicyclic amines) is 1. The second-order valence-corrected chi connectivity index (χ2v) is 10.1. The lowest BCUT2D eigenvalue weighted by Crippen LogP contribution is -2.54. The fourth-order valence-corrected chi connectivity index (χ4v) is 6.10. The molecule has 2 atom stereocenters. The van der Waals surface area contributed by atoms with Gasteiger partial charge in [0.15, 0.2) is 0 Å². The van der Waals surface area contributed by atoms with Crippen molar-refractivity contribution < 1.29 is 17.9 Å². The predicted molar refractivity (Wildman–Crippen MR) is 113 cm³/mol. The number of rotatable bonds is 5. The van der Waals surface area contributed by atoms with Crippen molar-refractivity contribution in [2.75, 3.05) is 39.3 Å². The van der Waals surface area contributed by atoms with E-state index in [0.29, 0.717) is 38.3 Å². The summed E-state index contributed by atoms with van der Waals surface area (Å²) in [6.45, 7) is 5.61. The van der Waals surface area contributed by atoms with Gasteiger partial charge in [-0.15, -0.1) is 0 Å². The lowest BCUT2D eigenvalue weighted by atomic mass is 10.1. The zero-order chi connectivity index (χ0) is 21.3. The molecule has 2 aliphatic rings. The van der Waals surface area contributed by atoms with Crippen LogP contribution in [0.15, 0.2) is 53.4 Å². The van der Waals surface area contributed by atoms with Crippen molar-refractivity contribution in [3.63, 3.8) is 0 Å². The van der Waals surface area contributed by atoms with Crippen molar-refractivity contribution in [2.45, 2.75) is 30.5 Å². The van der Waals surface area contributed by atoms with E-state index in [1.165, 1.54) is 22.0 Å². The van der Waals surface area contributed by atoms with E-state index in [9.17, 15) is 17.9 Å². The molecular weight excluding hydrogens is 405 g/mol. The number of β-amino-alcohol motifs (C(OH)–C–C–N with tert-alkyl or cyclic N) is 1. The molecule has 0 spiro atoms. The van der Waals surface area contributed by atoms with Gasteiger partial charge in [0.25, 0.3) is 0 Å². The summed E-state index contributed by atoms with van der Waals surface area (Å²) in [7, 11) is -3.73. The molecule has 6 nitrogen and oxygen atoms in total. The molecule has 2 aromatic carbocycles. The van der Waals surface area contributed by atoms with Gasteiger partial charge in [-0.3, -0.25) is 9.80 Å². The largest absolute Gasteiger partial charge is 0.390 e. The minimum atomic E-state index is -3.73. The number of piperazine rings is 1. The Kier molecular flexibility index (Phi) is 6.22. The van der Waals surface area contributed by atoms with Crippen molar-refractivity contribution >= 4 is 10.0 Å². The molecule has 2 fully saturated rings. The van der Waals surface area contributed by atoms with Crippen LogP contribution in [-0.2, 0) is 16.6 Å². The molecule has 0 unspecified atom stereocenters. The Morgan fingerprint density at radius 1 is 1.03 bits per heavy atom. The predicted octanol–water partition coefficient (Wildman–Crippen LogP) is 1.69. The van der Waals surface area contributed by atoms with Crippen molar-refractivity contribution in [3.8, 4) is 0 Å². The minimum Gasteiger partial charge on any atom is -0.390 e. The standard InChI is InChI=1S/C22H28FN3O3S/c1-17-7-8-19(23)13-22(17)30(28,29)26-11-9-25(10-12-26)20-15-24(16-21(20)27)14-18-5-3-2-4-6-18/h2-8,13,20-21,27H,9-12,14-16H2,1H3/t20-,21-/m0/s1. The normalized spacial score (nSPS) is 24.4. The summed E-state index contributed by atoms with van der Waals surface area (Å²) in [5, 5.41) is 10.6. The van der Waals surface area contributed by atoms with Crippen LogP contribution in [0.5, 0.6) is 0 Å². The van der Waals surface area contributed by atoms with Crippen LogP contribution in [0.1, 0.15) is 11.1 Å². The molecule has 0 saturated carbocycles. The highest BCUT2D eigenvalue weighted by molar-refractivity contribution is 7.89. The van der Waals surface area contributed by atoms with Gasteiger partial charge in [0, 0.05) is 51.9 Å². The lowest BCUT2D eigenvalue weighted by molar-refractivity contribution is 0.0618. The first-order chi connectivity index (χ1) is 14.3. The molecule has 0 amide bonds. The first-order valence-corrected chi connectivity index (χ1v) is 11.7. The number of hydrogen-bond acceptors (Lipinski definition) is 5. The summed E-state index contributed by atoms with van der Waals surface area (Å²) in [6, 6.07) is 14.0. The van der Waals surface area contributed by atoms with Gasteiger partial charge in [0.05, 0.1) is 11.0 Å². The van der Waals surface area contributed by atoms with Crippen LogP contribution in [-0.4, -0.2) is 79.0 Å². The maximum atomic E-state index is 13.6. The molecule has 0 aliphatic carbocycles. The molecule has 162 valence electrons. The second-order valence-electron chi connectivity index (χ2n) is 8.16. The number of nitrogens with zero attached hydrogens (tertiary/aromatic N) is 3. The van der Waals surface area contributed by atoms with E-state index in [1.807, 2.05) is 18.2 Å². The quantitative estimate of drug-likeness (QED) is 0.778. The topological polar surface area (TPSA) is 64.1 Å². The Hall–Kier alpha value is -1.84. The van der Waals surface area contributed by atoms with Crippen LogP contribution in [0.4, 0.5) is 4.39 Å². The Labute approximate surface area is 177 Å². The van der Waals surface area contributed by atoms with E-state index in [1.54, 1.807) is 6.92 Å². The average Bonchev–Trinajstić information content (AvgIpc) is 3.10.